The summed E-state index contributed by atoms with van der Waals surface area (Å²) < 4.78 is 0. The van der Waals surface area contributed by atoms with E-state index in [0.717, 1.165) is 17.8 Å². The zero-order chi connectivity index (χ0) is 13.6. The van der Waals surface area contributed by atoms with Gasteiger partial charge in [-0.1, -0.05) is 6.92 Å². The fraction of sp³-hybridized carbons (Fsp3) is 0.882. The summed E-state index contributed by atoms with van der Waals surface area (Å²) in [6.45, 7) is 3.67. The zero-order valence-corrected chi connectivity index (χ0v) is 12.3. The summed E-state index contributed by atoms with van der Waals surface area (Å²) in [5, 5.41) is 0. The van der Waals surface area contributed by atoms with Gasteiger partial charge in [-0.15, -0.1) is 0 Å². The molecule has 4 fully saturated rings. The van der Waals surface area contributed by atoms with Crippen molar-refractivity contribution < 1.29 is 9.59 Å². The van der Waals surface area contributed by atoms with Crippen molar-refractivity contribution in [2.75, 3.05) is 0 Å². The van der Waals surface area contributed by atoms with Crippen LogP contribution in [0.15, 0.2) is 0 Å². The minimum Gasteiger partial charge on any atom is -0.299 e. The second kappa shape index (κ2) is 4.71. The Morgan fingerprint density at radius 2 is 1.47 bits per heavy atom. The van der Waals surface area contributed by atoms with Crippen LogP contribution in [-0.4, -0.2) is 11.6 Å². The van der Waals surface area contributed by atoms with E-state index >= 15 is 0 Å². The van der Waals surface area contributed by atoms with E-state index in [4.69, 9.17) is 0 Å². The highest BCUT2D eigenvalue weighted by Gasteiger charge is 2.51. The van der Waals surface area contributed by atoms with E-state index in [-0.39, 0.29) is 22.9 Å². The van der Waals surface area contributed by atoms with Crippen LogP contribution in [0.3, 0.4) is 0 Å². The number of rotatable bonds is 5. The lowest BCUT2D eigenvalue weighted by molar-refractivity contribution is -0.136. The molecule has 2 heteroatoms. The van der Waals surface area contributed by atoms with E-state index in [1.54, 1.807) is 0 Å². The average molecular weight is 262 g/mol. The lowest BCUT2D eigenvalue weighted by atomic mass is 9.48. The predicted octanol–water partition coefficient (Wildman–Crippen LogP) is 3.78. The molecule has 4 rings (SSSR count). The second-order valence-corrected chi connectivity index (χ2v) is 7.60. The van der Waals surface area contributed by atoms with E-state index in [9.17, 15) is 9.59 Å². The molecule has 4 saturated carbocycles. The van der Waals surface area contributed by atoms with E-state index in [0.29, 0.717) is 12.8 Å². The third kappa shape index (κ3) is 2.39. The van der Waals surface area contributed by atoms with Crippen LogP contribution in [0.5, 0.6) is 0 Å². The number of hydrogen-bond donors (Lipinski definition) is 0. The van der Waals surface area contributed by atoms with Crippen LogP contribution in [0.4, 0.5) is 0 Å². The van der Waals surface area contributed by atoms with Gasteiger partial charge in [-0.25, -0.2) is 0 Å². The summed E-state index contributed by atoms with van der Waals surface area (Å²) in [6.07, 6.45) is 9.20. The fourth-order valence-electron chi connectivity index (χ4n) is 5.51. The van der Waals surface area contributed by atoms with Crippen LogP contribution in [0, 0.1) is 29.1 Å². The van der Waals surface area contributed by atoms with Crippen LogP contribution in [0.2, 0.25) is 0 Å². The first-order chi connectivity index (χ1) is 9.01. The third-order valence-electron chi connectivity index (χ3n) is 6.03. The topological polar surface area (TPSA) is 34.1 Å². The molecule has 0 heterocycles. The molecule has 2 nitrogen and oxygen atoms in total. The second-order valence-electron chi connectivity index (χ2n) is 7.60. The first kappa shape index (κ1) is 13.3. The van der Waals surface area contributed by atoms with Crippen molar-refractivity contribution in [3.63, 3.8) is 0 Å². The van der Waals surface area contributed by atoms with E-state index in [2.05, 4.69) is 0 Å². The monoisotopic (exact) mass is 262 g/mol. The van der Waals surface area contributed by atoms with Gasteiger partial charge in [0.05, 0.1) is 5.92 Å². The summed E-state index contributed by atoms with van der Waals surface area (Å²) in [4.78, 5) is 24.1. The van der Waals surface area contributed by atoms with Crippen molar-refractivity contribution in [1.82, 2.24) is 0 Å². The summed E-state index contributed by atoms with van der Waals surface area (Å²) in [5.41, 5.74) is 0.286. The summed E-state index contributed by atoms with van der Waals surface area (Å²) in [5.74, 6) is 2.63. The lowest BCUT2D eigenvalue weighted by Crippen LogP contribution is -2.47. The van der Waals surface area contributed by atoms with Gasteiger partial charge in [0.2, 0.25) is 0 Å². The van der Waals surface area contributed by atoms with Crippen LogP contribution in [0.25, 0.3) is 0 Å². The van der Waals surface area contributed by atoms with Crippen molar-refractivity contribution in [3.8, 4) is 0 Å². The van der Waals surface area contributed by atoms with E-state index in [1.807, 2.05) is 13.8 Å². The van der Waals surface area contributed by atoms with Gasteiger partial charge >= 0.3 is 0 Å². The maximum Gasteiger partial charge on any atom is 0.143 e. The molecule has 0 spiro atoms. The molecule has 19 heavy (non-hydrogen) atoms. The molecule has 1 atom stereocenters. The third-order valence-corrected chi connectivity index (χ3v) is 6.03. The number of ketones is 2. The number of hydrogen-bond acceptors (Lipinski definition) is 2. The Kier molecular flexibility index (Phi) is 3.31. The SMILES string of the molecule is CCC(=O)C(C)C(=O)CC12CC3CC(CC(C3)C1)C2. The van der Waals surface area contributed by atoms with Gasteiger partial charge in [-0.3, -0.25) is 9.59 Å². The minimum atomic E-state index is -0.363. The normalized spacial score (nSPS) is 41.3. The van der Waals surface area contributed by atoms with E-state index < -0.39 is 0 Å². The first-order valence-corrected chi connectivity index (χ1v) is 8.07. The van der Waals surface area contributed by atoms with Gasteiger partial charge in [-0.05, 0) is 68.6 Å². The highest BCUT2D eigenvalue weighted by molar-refractivity contribution is 6.02. The predicted molar refractivity (Wildman–Crippen MR) is 74.7 cm³/mol. The number of Topliss-reactive ketones (excluding diaryl/α,β-unsaturated/α-hetero) is 2. The smallest absolute Gasteiger partial charge is 0.143 e. The maximum atomic E-state index is 12.4. The first-order valence-electron chi connectivity index (χ1n) is 8.07. The highest BCUT2D eigenvalue weighted by atomic mass is 16.1. The van der Waals surface area contributed by atoms with Gasteiger partial charge in [0.1, 0.15) is 11.6 Å². The molecule has 4 bridgehead atoms. The summed E-state index contributed by atoms with van der Waals surface area (Å²) in [7, 11) is 0. The largest absolute Gasteiger partial charge is 0.299 e. The van der Waals surface area contributed by atoms with Crippen molar-refractivity contribution in [3.05, 3.63) is 0 Å². The zero-order valence-electron chi connectivity index (χ0n) is 12.3. The Morgan fingerprint density at radius 1 is 1.00 bits per heavy atom. The molecule has 1 unspecified atom stereocenters. The van der Waals surface area contributed by atoms with Gasteiger partial charge < -0.3 is 0 Å². The average Bonchev–Trinajstić information content (AvgIpc) is 2.34. The molecule has 0 radical (unpaired) electrons. The number of carbonyl (C=O) groups excluding carboxylic acids is 2. The minimum absolute atomic E-state index is 0.120. The van der Waals surface area contributed by atoms with Crippen molar-refractivity contribution in [2.24, 2.45) is 29.1 Å². The standard InChI is InChI=1S/C17H26O2/c1-3-15(18)11(2)16(19)10-17-7-12-4-13(8-17)6-14(5-12)9-17/h11-14H,3-10H2,1-2H3. The Hall–Kier alpha value is -0.660. The van der Waals surface area contributed by atoms with Crippen LogP contribution < -0.4 is 0 Å². The van der Waals surface area contributed by atoms with Gasteiger partial charge in [0.15, 0.2) is 0 Å². The van der Waals surface area contributed by atoms with Crippen LogP contribution >= 0.6 is 0 Å². The lowest BCUT2D eigenvalue weighted by Gasteiger charge is -2.57. The van der Waals surface area contributed by atoms with E-state index in [1.165, 1.54) is 38.5 Å². The van der Waals surface area contributed by atoms with Gasteiger partial charge in [-0.2, -0.15) is 0 Å². The molecule has 0 aliphatic heterocycles. The molecule has 0 saturated heterocycles. The van der Waals surface area contributed by atoms with Crippen LogP contribution in [-0.2, 0) is 9.59 Å². The quantitative estimate of drug-likeness (QED) is 0.707. The van der Waals surface area contributed by atoms with Crippen LogP contribution in [0.1, 0.15) is 65.2 Å². The van der Waals surface area contributed by atoms with Crippen molar-refractivity contribution in [2.45, 2.75) is 65.2 Å². The van der Waals surface area contributed by atoms with Gasteiger partial charge in [0, 0.05) is 12.8 Å². The number of carbonyl (C=O) groups is 2. The molecule has 0 aromatic carbocycles. The fourth-order valence-corrected chi connectivity index (χ4v) is 5.51. The molecule has 4 aliphatic rings. The summed E-state index contributed by atoms with van der Waals surface area (Å²) in [6, 6.07) is 0. The molecule has 106 valence electrons. The highest BCUT2D eigenvalue weighted by Crippen LogP contribution is 2.61. The molecular weight excluding hydrogens is 236 g/mol. The molecular formula is C17H26O2. The van der Waals surface area contributed by atoms with Gasteiger partial charge in [0.25, 0.3) is 0 Å². The molecule has 0 aromatic rings. The van der Waals surface area contributed by atoms with Crippen molar-refractivity contribution >= 4 is 11.6 Å². The molecule has 0 amide bonds. The Balaban J connectivity index is 1.69. The molecule has 0 aromatic heterocycles. The summed E-state index contributed by atoms with van der Waals surface area (Å²) >= 11 is 0. The molecule has 4 aliphatic carbocycles. The molecule has 0 N–H and O–H groups in total. The maximum absolute atomic E-state index is 12.4. The Morgan fingerprint density at radius 3 is 1.89 bits per heavy atom. The Labute approximate surface area is 116 Å². The Bertz CT molecular complexity index is 361. The van der Waals surface area contributed by atoms with Crippen molar-refractivity contribution in [1.29, 1.82) is 0 Å².